The molecule has 2 rings (SSSR count). The summed E-state index contributed by atoms with van der Waals surface area (Å²) >= 11 is 13.5. The van der Waals surface area contributed by atoms with Crippen LogP contribution in [0.15, 0.2) is 35.7 Å². The highest BCUT2D eigenvalue weighted by molar-refractivity contribution is 7.09. The predicted octanol–water partition coefficient (Wildman–Crippen LogP) is 4.87. The van der Waals surface area contributed by atoms with Gasteiger partial charge < -0.3 is 9.64 Å². The van der Waals surface area contributed by atoms with Crippen LogP contribution in [0.2, 0.25) is 10.0 Å². The minimum atomic E-state index is 0.110. The molecule has 0 aliphatic carbocycles. The van der Waals surface area contributed by atoms with Gasteiger partial charge in [-0.1, -0.05) is 29.3 Å². The molecule has 22 heavy (non-hydrogen) atoms. The molecule has 3 nitrogen and oxygen atoms in total. The summed E-state index contributed by atoms with van der Waals surface area (Å²) in [6.45, 7) is 1.10. The number of nitrogens with zero attached hydrogens (tertiary/aromatic N) is 1. The minimum Gasteiger partial charge on any atom is -0.492 e. The van der Waals surface area contributed by atoms with Crippen molar-refractivity contribution in [1.82, 2.24) is 4.90 Å². The van der Waals surface area contributed by atoms with E-state index >= 15 is 0 Å². The van der Waals surface area contributed by atoms with Gasteiger partial charge in [-0.05, 0) is 36.1 Å². The normalized spacial score (nSPS) is 10.5. The van der Waals surface area contributed by atoms with Crippen LogP contribution in [0, 0.1) is 0 Å². The number of ether oxygens (including phenoxy) is 1. The van der Waals surface area contributed by atoms with E-state index in [-0.39, 0.29) is 5.91 Å². The molecule has 0 aliphatic rings. The average molecular weight is 358 g/mol. The summed E-state index contributed by atoms with van der Waals surface area (Å²) in [6.07, 6.45) is 1.10. The summed E-state index contributed by atoms with van der Waals surface area (Å²) in [5.41, 5.74) is 0. The second kappa shape index (κ2) is 8.42. The van der Waals surface area contributed by atoms with Crippen LogP contribution < -0.4 is 4.74 Å². The number of rotatable bonds is 7. The summed E-state index contributed by atoms with van der Waals surface area (Å²) in [4.78, 5) is 14.9. The third-order valence-electron chi connectivity index (χ3n) is 3.09. The lowest BCUT2D eigenvalue weighted by molar-refractivity contribution is -0.130. The molecule has 0 unspecified atom stereocenters. The maximum absolute atomic E-state index is 12.0. The Hall–Kier alpha value is -1.23. The largest absolute Gasteiger partial charge is 0.492 e. The van der Waals surface area contributed by atoms with Crippen LogP contribution in [-0.2, 0) is 11.3 Å². The van der Waals surface area contributed by atoms with Crippen LogP contribution in [-0.4, -0.2) is 24.5 Å². The van der Waals surface area contributed by atoms with Gasteiger partial charge in [0, 0.05) is 23.4 Å². The number of carbonyl (C=O) groups excluding carboxylic acids is 1. The van der Waals surface area contributed by atoms with Crippen LogP contribution in [0.5, 0.6) is 5.75 Å². The van der Waals surface area contributed by atoms with Crippen molar-refractivity contribution in [2.24, 2.45) is 0 Å². The number of halogens is 2. The lowest BCUT2D eigenvalue weighted by atomic mass is 10.3. The van der Waals surface area contributed by atoms with Gasteiger partial charge in [-0.2, -0.15) is 0 Å². The Morgan fingerprint density at radius 3 is 2.82 bits per heavy atom. The predicted molar refractivity (Wildman–Crippen MR) is 92.0 cm³/mol. The van der Waals surface area contributed by atoms with Crippen LogP contribution in [0.4, 0.5) is 0 Å². The van der Waals surface area contributed by atoms with Gasteiger partial charge in [-0.15, -0.1) is 11.3 Å². The molecule has 0 radical (unpaired) electrons. The highest BCUT2D eigenvalue weighted by Crippen LogP contribution is 2.27. The number of carbonyl (C=O) groups is 1. The second-order valence-electron chi connectivity index (χ2n) is 4.86. The quantitative estimate of drug-likeness (QED) is 0.661. The number of amides is 1. The molecule has 118 valence electrons. The van der Waals surface area contributed by atoms with E-state index in [0.29, 0.717) is 41.8 Å². The number of hydrogen-bond acceptors (Lipinski definition) is 3. The number of thiophene rings is 1. The Kier molecular flexibility index (Phi) is 6.55. The first-order chi connectivity index (χ1) is 10.6. The van der Waals surface area contributed by atoms with Gasteiger partial charge in [0.1, 0.15) is 5.75 Å². The molecule has 0 bridgehead atoms. The zero-order valence-corrected chi connectivity index (χ0v) is 14.5. The smallest absolute Gasteiger partial charge is 0.222 e. The third-order valence-corrected chi connectivity index (χ3v) is 4.48. The molecule has 0 N–H and O–H groups in total. The average Bonchev–Trinajstić information content (AvgIpc) is 2.98. The molecular formula is C16H17Cl2NO2S. The van der Waals surface area contributed by atoms with Crippen LogP contribution in [0.1, 0.15) is 17.7 Å². The lowest BCUT2D eigenvalue weighted by Gasteiger charge is -2.16. The van der Waals surface area contributed by atoms with Gasteiger partial charge >= 0.3 is 0 Å². The summed E-state index contributed by atoms with van der Waals surface area (Å²) in [5.74, 6) is 0.699. The van der Waals surface area contributed by atoms with Crippen molar-refractivity contribution in [2.75, 3.05) is 13.7 Å². The Bertz CT molecular complexity index is 617. The van der Waals surface area contributed by atoms with Crippen molar-refractivity contribution in [2.45, 2.75) is 19.4 Å². The van der Waals surface area contributed by atoms with Gasteiger partial charge in [-0.3, -0.25) is 4.79 Å². The first-order valence-electron chi connectivity index (χ1n) is 6.90. The summed E-state index contributed by atoms with van der Waals surface area (Å²) < 4.78 is 5.57. The standard InChI is InChI=1S/C16H17Cl2NO2S/c1-19(11-13-4-3-9-22-13)16(20)5-2-8-21-15-7-6-12(17)10-14(15)18/h3-4,6-7,9-10H,2,5,8,11H2,1H3. The Labute approximate surface area is 144 Å². The van der Waals surface area contributed by atoms with Crippen molar-refractivity contribution in [3.63, 3.8) is 0 Å². The topological polar surface area (TPSA) is 29.5 Å². The third kappa shape index (κ3) is 5.20. The fraction of sp³-hybridized carbons (Fsp3) is 0.312. The van der Waals surface area contributed by atoms with E-state index in [1.165, 1.54) is 4.88 Å². The Morgan fingerprint density at radius 2 is 2.14 bits per heavy atom. The Balaban J connectivity index is 1.70. The van der Waals surface area contributed by atoms with Crippen LogP contribution in [0.3, 0.4) is 0 Å². The van der Waals surface area contributed by atoms with Crippen molar-refractivity contribution < 1.29 is 9.53 Å². The maximum atomic E-state index is 12.0. The first-order valence-corrected chi connectivity index (χ1v) is 8.54. The van der Waals surface area contributed by atoms with Crippen LogP contribution in [0.25, 0.3) is 0 Å². The van der Waals surface area contributed by atoms with Gasteiger partial charge in [-0.25, -0.2) is 0 Å². The van der Waals surface area contributed by atoms with E-state index in [1.54, 1.807) is 34.4 Å². The molecular weight excluding hydrogens is 341 g/mol. The lowest BCUT2D eigenvalue weighted by Crippen LogP contribution is -2.25. The van der Waals surface area contributed by atoms with E-state index in [4.69, 9.17) is 27.9 Å². The first kappa shape index (κ1) is 17.1. The fourth-order valence-electron chi connectivity index (χ4n) is 1.91. The molecule has 6 heteroatoms. The fourth-order valence-corrected chi connectivity index (χ4v) is 3.13. The van der Waals surface area contributed by atoms with Crippen molar-refractivity contribution in [3.8, 4) is 5.75 Å². The molecule has 0 saturated heterocycles. The van der Waals surface area contributed by atoms with Gasteiger partial charge in [0.2, 0.25) is 5.91 Å². The minimum absolute atomic E-state index is 0.110. The van der Waals surface area contributed by atoms with Crippen LogP contribution >= 0.6 is 34.5 Å². The molecule has 0 saturated carbocycles. The molecule has 1 amide bonds. The molecule has 0 fully saturated rings. The highest BCUT2D eigenvalue weighted by Gasteiger charge is 2.10. The van der Waals surface area contributed by atoms with E-state index in [1.807, 2.05) is 24.6 Å². The van der Waals surface area contributed by atoms with Crippen molar-refractivity contribution in [1.29, 1.82) is 0 Å². The van der Waals surface area contributed by atoms with E-state index in [9.17, 15) is 4.79 Å². The second-order valence-corrected chi connectivity index (χ2v) is 6.73. The monoisotopic (exact) mass is 357 g/mol. The van der Waals surface area contributed by atoms with Gasteiger partial charge in [0.15, 0.2) is 0 Å². The molecule has 1 heterocycles. The molecule has 0 spiro atoms. The van der Waals surface area contributed by atoms with E-state index in [2.05, 4.69) is 0 Å². The molecule has 0 aliphatic heterocycles. The molecule has 1 aromatic heterocycles. The number of benzene rings is 1. The van der Waals surface area contributed by atoms with E-state index < -0.39 is 0 Å². The molecule has 2 aromatic rings. The zero-order valence-electron chi connectivity index (χ0n) is 12.2. The summed E-state index contributed by atoms with van der Waals surface area (Å²) in [5, 5.41) is 3.06. The SMILES string of the molecule is CN(Cc1cccs1)C(=O)CCCOc1ccc(Cl)cc1Cl. The van der Waals surface area contributed by atoms with Crippen molar-refractivity contribution >= 4 is 40.4 Å². The number of hydrogen-bond donors (Lipinski definition) is 0. The van der Waals surface area contributed by atoms with Crippen molar-refractivity contribution in [3.05, 3.63) is 50.6 Å². The highest BCUT2D eigenvalue weighted by atomic mass is 35.5. The molecule has 1 aromatic carbocycles. The van der Waals surface area contributed by atoms with E-state index in [0.717, 1.165) is 0 Å². The summed E-state index contributed by atoms with van der Waals surface area (Å²) in [7, 11) is 1.82. The Morgan fingerprint density at radius 1 is 1.32 bits per heavy atom. The van der Waals surface area contributed by atoms with Gasteiger partial charge in [0.25, 0.3) is 0 Å². The maximum Gasteiger partial charge on any atom is 0.222 e. The summed E-state index contributed by atoms with van der Waals surface area (Å²) in [6, 6.07) is 9.11. The molecule has 0 atom stereocenters. The van der Waals surface area contributed by atoms with Gasteiger partial charge in [0.05, 0.1) is 18.2 Å². The zero-order chi connectivity index (χ0) is 15.9.